The van der Waals surface area contributed by atoms with Crippen LogP contribution in [0.1, 0.15) is 18.5 Å². The van der Waals surface area contributed by atoms with Gasteiger partial charge in [-0.2, -0.15) is 0 Å². The molecule has 1 N–H and O–H groups in total. The molecule has 3 rings (SSSR count). The van der Waals surface area contributed by atoms with E-state index in [1.807, 2.05) is 0 Å². The summed E-state index contributed by atoms with van der Waals surface area (Å²) < 4.78 is 0. The second-order valence-corrected chi connectivity index (χ2v) is 5.38. The van der Waals surface area contributed by atoms with Crippen LogP contribution < -0.4 is 5.32 Å². The summed E-state index contributed by atoms with van der Waals surface area (Å²) in [4.78, 5) is 7.32. The molecule has 19 heavy (non-hydrogen) atoms. The van der Waals surface area contributed by atoms with Crippen LogP contribution >= 0.6 is 0 Å². The Morgan fingerprint density at radius 3 is 2.79 bits per heavy atom. The molecule has 1 aromatic heterocycles. The molecule has 0 spiro atoms. The molecule has 1 aromatic carbocycles. The molecule has 1 atom stereocenters. The van der Waals surface area contributed by atoms with Crippen molar-refractivity contribution in [3.8, 4) is 0 Å². The average molecular weight is 255 g/mol. The van der Waals surface area contributed by atoms with Gasteiger partial charge in [-0.05, 0) is 12.1 Å². The van der Waals surface area contributed by atoms with E-state index < -0.39 is 0 Å². The fourth-order valence-corrected chi connectivity index (χ4v) is 2.73. The molecule has 0 radical (unpaired) electrons. The van der Waals surface area contributed by atoms with Gasteiger partial charge in [0.1, 0.15) is 0 Å². The minimum absolute atomic E-state index is 0.489. The molecule has 3 nitrogen and oxygen atoms in total. The van der Waals surface area contributed by atoms with Gasteiger partial charge in [0.05, 0.1) is 5.52 Å². The summed E-state index contributed by atoms with van der Waals surface area (Å²) in [5, 5.41) is 4.62. The van der Waals surface area contributed by atoms with Gasteiger partial charge in [-0.15, -0.1) is 0 Å². The summed E-state index contributed by atoms with van der Waals surface area (Å²) in [6.45, 7) is 7.90. The van der Waals surface area contributed by atoms with E-state index in [0.717, 1.165) is 38.2 Å². The maximum Gasteiger partial charge on any atom is 0.0705 e. The second kappa shape index (κ2) is 5.68. The minimum Gasteiger partial charge on any atom is -0.314 e. The van der Waals surface area contributed by atoms with Gasteiger partial charge in [0.15, 0.2) is 0 Å². The van der Waals surface area contributed by atoms with E-state index in [1.165, 1.54) is 11.1 Å². The Bertz CT molecular complexity index is 546. The Morgan fingerprint density at radius 1 is 1.16 bits per heavy atom. The van der Waals surface area contributed by atoms with Crippen LogP contribution in [0.2, 0.25) is 0 Å². The highest BCUT2D eigenvalue weighted by atomic mass is 15.2. The van der Waals surface area contributed by atoms with Crippen LogP contribution in [0.3, 0.4) is 0 Å². The number of hydrogen-bond donors (Lipinski definition) is 1. The van der Waals surface area contributed by atoms with E-state index >= 15 is 0 Å². The van der Waals surface area contributed by atoms with Crippen LogP contribution in [0, 0.1) is 0 Å². The third kappa shape index (κ3) is 2.94. The molecule has 1 aliphatic heterocycles. The SMILES string of the molecule is CC(CN1CCNCC1)c1ccc2ccccc2n1. The first-order valence-electron chi connectivity index (χ1n) is 7.12. The number of aromatic nitrogens is 1. The molecule has 0 amide bonds. The van der Waals surface area contributed by atoms with Gasteiger partial charge in [-0.1, -0.05) is 31.2 Å². The first-order chi connectivity index (χ1) is 9.33. The van der Waals surface area contributed by atoms with Crippen molar-refractivity contribution in [2.45, 2.75) is 12.8 Å². The lowest BCUT2D eigenvalue weighted by Crippen LogP contribution is -2.44. The van der Waals surface area contributed by atoms with Gasteiger partial charge in [0, 0.05) is 49.7 Å². The number of rotatable bonds is 3. The molecular weight excluding hydrogens is 234 g/mol. The summed E-state index contributed by atoms with van der Waals surface area (Å²) in [6, 6.07) is 12.7. The summed E-state index contributed by atoms with van der Waals surface area (Å²) in [6.07, 6.45) is 0. The fraction of sp³-hybridized carbons (Fsp3) is 0.438. The van der Waals surface area contributed by atoms with Gasteiger partial charge in [-0.25, -0.2) is 0 Å². The monoisotopic (exact) mass is 255 g/mol. The van der Waals surface area contributed by atoms with E-state index in [9.17, 15) is 0 Å². The molecule has 1 aliphatic rings. The zero-order valence-corrected chi connectivity index (χ0v) is 11.5. The molecule has 0 aliphatic carbocycles. The van der Waals surface area contributed by atoms with Crippen LogP contribution in [0.15, 0.2) is 36.4 Å². The van der Waals surface area contributed by atoms with E-state index in [1.54, 1.807) is 0 Å². The van der Waals surface area contributed by atoms with Crippen LogP contribution in [-0.2, 0) is 0 Å². The molecule has 1 unspecified atom stereocenters. The lowest BCUT2D eigenvalue weighted by molar-refractivity contribution is 0.229. The first-order valence-corrected chi connectivity index (χ1v) is 7.12. The second-order valence-electron chi connectivity index (χ2n) is 5.38. The van der Waals surface area contributed by atoms with Gasteiger partial charge in [0.25, 0.3) is 0 Å². The molecule has 3 heteroatoms. The largest absolute Gasteiger partial charge is 0.314 e. The number of nitrogens with one attached hydrogen (secondary N) is 1. The topological polar surface area (TPSA) is 28.2 Å². The minimum atomic E-state index is 0.489. The van der Waals surface area contributed by atoms with Crippen molar-refractivity contribution in [3.63, 3.8) is 0 Å². The number of nitrogens with zero attached hydrogens (tertiary/aromatic N) is 2. The van der Waals surface area contributed by atoms with E-state index in [2.05, 4.69) is 53.5 Å². The van der Waals surface area contributed by atoms with E-state index in [4.69, 9.17) is 4.98 Å². The van der Waals surface area contributed by atoms with Gasteiger partial charge >= 0.3 is 0 Å². The Balaban J connectivity index is 1.75. The highest BCUT2D eigenvalue weighted by Gasteiger charge is 2.15. The number of para-hydroxylation sites is 1. The van der Waals surface area contributed by atoms with Crippen molar-refractivity contribution >= 4 is 10.9 Å². The summed E-state index contributed by atoms with van der Waals surface area (Å²) >= 11 is 0. The van der Waals surface area contributed by atoms with Gasteiger partial charge < -0.3 is 10.2 Å². The third-order valence-corrected chi connectivity index (χ3v) is 3.87. The zero-order valence-electron chi connectivity index (χ0n) is 11.5. The van der Waals surface area contributed by atoms with Gasteiger partial charge in [0.2, 0.25) is 0 Å². The lowest BCUT2D eigenvalue weighted by atomic mass is 10.0. The van der Waals surface area contributed by atoms with Gasteiger partial charge in [-0.3, -0.25) is 4.98 Å². The molecular formula is C16H21N3. The van der Waals surface area contributed by atoms with E-state index in [-0.39, 0.29) is 0 Å². The molecule has 1 fully saturated rings. The smallest absolute Gasteiger partial charge is 0.0705 e. The van der Waals surface area contributed by atoms with Crippen molar-refractivity contribution in [1.29, 1.82) is 0 Å². The van der Waals surface area contributed by atoms with Crippen LogP contribution in [0.5, 0.6) is 0 Å². The van der Waals surface area contributed by atoms with Crippen LogP contribution in [0.25, 0.3) is 10.9 Å². The normalized spacial score (nSPS) is 18.6. The average Bonchev–Trinajstić information content (AvgIpc) is 2.48. The fourth-order valence-electron chi connectivity index (χ4n) is 2.73. The van der Waals surface area contributed by atoms with Crippen LogP contribution in [-0.4, -0.2) is 42.6 Å². The molecule has 2 heterocycles. The first kappa shape index (κ1) is 12.6. The predicted octanol–water partition coefficient (Wildman–Crippen LogP) is 2.24. The molecule has 0 saturated carbocycles. The highest BCUT2D eigenvalue weighted by Crippen LogP contribution is 2.19. The summed E-state index contributed by atoms with van der Waals surface area (Å²) in [5.41, 5.74) is 2.31. The van der Waals surface area contributed by atoms with Crippen molar-refractivity contribution in [2.75, 3.05) is 32.7 Å². The highest BCUT2D eigenvalue weighted by molar-refractivity contribution is 5.78. The van der Waals surface area contributed by atoms with Crippen molar-refractivity contribution in [3.05, 3.63) is 42.1 Å². The number of fused-ring (bicyclic) bond motifs is 1. The van der Waals surface area contributed by atoms with E-state index in [0.29, 0.717) is 5.92 Å². The molecule has 2 aromatic rings. The lowest BCUT2D eigenvalue weighted by Gasteiger charge is -2.29. The summed E-state index contributed by atoms with van der Waals surface area (Å²) in [7, 11) is 0. The van der Waals surface area contributed by atoms with Crippen molar-refractivity contribution < 1.29 is 0 Å². The maximum absolute atomic E-state index is 4.80. The predicted molar refractivity (Wildman–Crippen MR) is 79.5 cm³/mol. The maximum atomic E-state index is 4.80. The Morgan fingerprint density at radius 2 is 1.95 bits per heavy atom. The molecule has 100 valence electrons. The standard InChI is InChI=1S/C16H21N3/c1-13(12-19-10-8-17-9-11-19)15-7-6-14-4-2-3-5-16(14)18-15/h2-7,13,17H,8-12H2,1H3. The molecule has 0 bridgehead atoms. The van der Waals surface area contributed by atoms with Crippen molar-refractivity contribution in [1.82, 2.24) is 15.2 Å². The third-order valence-electron chi connectivity index (χ3n) is 3.87. The number of pyridine rings is 1. The zero-order chi connectivity index (χ0) is 13.1. The van der Waals surface area contributed by atoms with Crippen LogP contribution in [0.4, 0.5) is 0 Å². The Kier molecular flexibility index (Phi) is 3.76. The number of benzene rings is 1. The molecule has 1 saturated heterocycles. The Labute approximate surface area is 114 Å². The number of piperazine rings is 1. The Hall–Kier alpha value is -1.45. The summed E-state index contributed by atoms with van der Waals surface area (Å²) in [5.74, 6) is 0.489. The number of hydrogen-bond acceptors (Lipinski definition) is 3. The van der Waals surface area contributed by atoms with Crippen molar-refractivity contribution in [2.24, 2.45) is 0 Å². The quantitative estimate of drug-likeness (QED) is 0.911.